The quantitative estimate of drug-likeness (QED) is 0.342. The molecule has 6 nitrogen and oxygen atoms in total. The van der Waals surface area contributed by atoms with Crippen LogP contribution in [-0.2, 0) is 16.1 Å². The van der Waals surface area contributed by atoms with Crippen molar-refractivity contribution >= 4 is 11.9 Å². The van der Waals surface area contributed by atoms with Gasteiger partial charge in [0.15, 0.2) is 0 Å². The van der Waals surface area contributed by atoms with Crippen molar-refractivity contribution in [3.63, 3.8) is 0 Å². The number of nitrogens with one attached hydrogen (secondary N) is 1. The van der Waals surface area contributed by atoms with Crippen LogP contribution >= 0.6 is 0 Å². The second kappa shape index (κ2) is 13.2. The van der Waals surface area contributed by atoms with Crippen molar-refractivity contribution in [1.82, 2.24) is 10.2 Å². The zero-order chi connectivity index (χ0) is 29.9. The third kappa shape index (κ3) is 6.39. The molecule has 3 fully saturated rings. The summed E-state index contributed by atoms with van der Waals surface area (Å²) in [5, 5.41) is 14.6. The van der Waals surface area contributed by atoms with Crippen LogP contribution in [0.3, 0.4) is 0 Å². The molecule has 1 aliphatic heterocycles. The number of hydrogen-bond acceptors (Lipinski definition) is 4. The first kappa shape index (κ1) is 30.6. The monoisotopic (exact) mass is 574 g/mol. The number of aliphatic carboxylic acids is 1. The first-order valence-corrected chi connectivity index (χ1v) is 16.2. The van der Waals surface area contributed by atoms with Gasteiger partial charge in [0.1, 0.15) is 11.8 Å². The summed E-state index contributed by atoms with van der Waals surface area (Å²) in [6.45, 7) is 6.89. The predicted molar refractivity (Wildman–Crippen MR) is 166 cm³/mol. The summed E-state index contributed by atoms with van der Waals surface area (Å²) >= 11 is 0. The molecule has 2 aromatic carbocycles. The van der Waals surface area contributed by atoms with Crippen LogP contribution in [0.1, 0.15) is 114 Å². The van der Waals surface area contributed by atoms with Gasteiger partial charge < -0.3 is 20.1 Å². The average Bonchev–Trinajstić information content (AvgIpc) is 3.37. The second-order valence-corrected chi connectivity index (χ2v) is 13.9. The van der Waals surface area contributed by atoms with E-state index in [9.17, 15) is 14.7 Å². The second-order valence-electron chi connectivity index (χ2n) is 13.9. The Morgan fingerprint density at radius 1 is 0.905 bits per heavy atom. The van der Waals surface area contributed by atoms with Gasteiger partial charge in [-0.1, -0.05) is 102 Å². The summed E-state index contributed by atoms with van der Waals surface area (Å²) in [4.78, 5) is 29.2. The Morgan fingerprint density at radius 2 is 1.55 bits per heavy atom. The van der Waals surface area contributed by atoms with Gasteiger partial charge in [0.25, 0.3) is 0 Å². The van der Waals surface area contributed by atoms with Gasteiger partial charge in [0.2, 0.25) is 5.91 Å². The Morgan fingerprint density at radius 3 is 2.14 bits per heavy atom. The molecule has 228 valence electrons. The van der Waals surface area contributed by atoms with Crippen molar-refractivity contribution < 1.29 is 19.4 Å². The molecule has 0 unspecified atom stereocenters. The van der Waals surface area contributed by atoms with Gasteiger partial charge >= 0.3 is 5.97 Å². The van der Waals surface area contributed by atoms with E-state index >= 15 is 0 Å². The van der Waals surface area contributed by atoms with Crippen LogP contribution in [-0.4, -0.2) is 41.1 Å². The van der Waals surface area contributed by atoms with Gasteiger partial charge in [-0.2, -0.15) is 0 Å². The van der Waals surface area contributed by atoms with Crippen LogP contribution in [0, 0.1) is 17.3 Å². The van der Waals surface area contributed by atoms with Crippen LogP contribution in [0.4, 0.5) is 0 Å². The van der Waals surface area contributed by atoms with Crippen LogP contribution < -0.4 is 10.1 Å². The van der Waals surface area contributed by atoms with Crippen molar-refractivity contribution in [2.45, 2.75) is 116 Å². The normalized spacial score (nSPS) is 25.9. The van der Waals surface area contributed by atoms with E-state index in [0.717, 1.165) is 49.0 Å². The molecule has 3 aliphatic rings. The van der Waals surface area contributed by atoms with E-state index in [4.69, 9.17) is 4.74 Å². The van der Waals surface area contributed by atoms with E-state index in [2.05, 4.69) is 56.4 Å². The molecule has 0 aromatic heterocycles. The number of likely N-dealkylation sites (tertiary alicyclic amines) is 1. The number of nitrogens with zero attached hydrogens (tertiary/aromatic N) is 1. The Balaban J connectivity index is 1.54. The Bertz CT molecular complexity index is 1210. The maximum Gasteiger partial charge on any atom is 0.326 e. The summed E-state index contributed by atoms with van der Waals surface area (Å²) in [7, 11) is 1.71. The van der Waals surface area contributed by atoms with E-state index in [1.807, 2.05) is 18.2 Å². The van der Waals surface area contributed by atoms with Crippen LogP contribution in [0.2, 0.25) is 0 Å². The number of carbonyl (C=O) groups is 2. The minimum Gasteiger partial charge on any atom is -0.496 e. The molecule has 6 heteroatoms. The van der Waals surface area contributed by atoms with Crippen LogP contribution in [0.5, 0.6) is 5.75 Å². The molecule has 0 bridgehead atoms. The van der Waals surface area contributed by atoms with Crippen molar-refractivity contribution in [3.05, 3.63) is 65.2 Å². The Labute approximate surface area is 252 Å². The summed E-state index contributed by atoms with van der Waals surface area (Å²) in [5.74, 6) is 0.106. The molecule has 2 saturated carbocycles. The smallest absolute Gasteiger partial charge is 0.326 e. The fourth-order valence-corrected chi connectivity index (χ4v) is 8.14. The van der Waals surface area contributed by atoms with Gasteiger partial charge in [0.05, 0.1) is 13.2 Å². The summed E-state index contributed by atoms with van der Waals surface area (Å²) < 4.78 is 5.81. The van der Waals surface area contributed by atoms with Gasteiger partial charge in [-0.15, -0.1) is 0 Å². The summed E-state index contributed by atoms with van der Waals surface area (Å²) in [6.07, 6.45) is 11.2. The third-order valence-electron chi connectivity index (χ3n) is 10.2. The lowest BCUT2D eigenvalue weighted by Gasteiger charge is -2.36. The van der Waals surface area contributed by atoms with Gasteiger partial charge in [-0.3, -0.25) is 4.79 Å². The Hall–Kier alpha value is -2.86. The number of benzene rings is 2. The molecule has 2 aromatic rings. The molecule has 0 spiro atoms. The Kier molecular flexibility index (Phi) is 9.61. The highest BCUT2D eigenvalue weighted by atomic mass is 16.5. The molecular formula is C36H50N2O4. The minimum absolute atomic E-state index is 0.00591. The fraction of sp³-hybridized carbons (Fsp3) is 0.611. The molecule has 2 aliphatic carbocycles. The van der Waals surface area contributed by atoms with E-state index < -0.39 is 12.0 Å². The number of rotatable bonds is 8. The van der Waals surface area contributed by atoms with Crippen molar-refractivity contribution in [2.75, 3.05) is 7.11 Å². The SMILES string of the molecule is COc1ccc(C2CCCCC2)cc1CN[C@H]1[C@H](C(C)(C)C)[C@@H](C(=O)O)N(C(=O)C2CCCCC2)[C@H]1c1ccccc1. The molecule has 42 heavy (non-hydrogen) atoms. The highest BCUT2D eigenvalue weighted by Crippen LogP contribution is 2.49. The third-order valence-corrected chi connectivity index (χ3v) is 10.2. The number of amides is 1. The fourth-order valence-electron chi connectivity index (χ4n) is 8.14. The number of methoxy groups -OCH3 is 1. The van der Waals surface area contributed by atoms with Crippen LogP contribution in [0.15, 0.2) is 48.5 Å². The van der Waals surface area contributed by atoms with Crippen molar-refractivity contribution in [2.24, 2.45) is 17.3 Å². The molecule has 1 amide bonds. The molecule has 1 saturated heterocycles. The van der Waals surface area contributed by atoms with Crippen molar-refractivity contribution in [1.29, 1.82) is 0 Å². The zero-order valence-corrected chi connectivity index (χ0v) is 26.0. The molecule has 0 radical (unpaired) electrons. The minimum atomic E-state index is -0.916. The summed E-state index contributed by atoms with van der Waals surface area (Å²) in [5.41, 5.74) is 3.08. The largest absolute Gasteiger partial charge is 0.496 e. The van der Waals surface area contributed by atoms with E-state index in [0.29, 0.717) is 12.5 Å². The molecular weight excluding hydrogens is 524 g/mol. The zero-order valence-electron chi connectivity index (χ0n) is 26.0. The van der Waals surface area contributed by atoms with Crippen LogP contribution in [0.25, 0.3) is 0 Å². The topological polar surface area (TPSA) is 78.9 Å². The standard InChI is InChI=1S/C36H50N2O4/c1-36(2,3)30-31(37-23-28-22-27(20-21-29(28)42-4)24-14-8-5-9-15-24)32(25-16-10-6-11-17-25)38(33(30)35(40)41)34(39)26-18-12-7-13-19-26/h6,10-11,16-17,20-22,24,26,30-33,37H,5,7-9,12-15,18-19,23H2,1-4H3,(H,40,41)/t30-,31-,32-,33-/m0/s1. The summed E-state index contributed by atoms with van der Waals surface area (Å²) in [6, 6.07) is 15.1. The first-order valence-electron chi connectivity index (χ1n) is 16.2. The highest BCUT2D eigenvalue weighted by Gasteiger charge is 2.58. The molecule has 5 rings (SSSR count). The molecule has 4 atom stereocenters. The lowest BCUT2D eigenvalue weighted by molar-refractivity contribution is -0.154. The van der Waals surface area contributed by atoms with E-state index in [-0.39, 0.29) is 35.2 Å². The first-order chi connectivity index (χ1) is 20.2. The average molecular weight is 575 g/mol. The van der Waals surface area contributed by atoms with Gasteiger partial charge in [-0.05, 0) is 54.2 Å². The van der Waals surface area contributed by atoms with Crippen molar-refractivity contribution in [3.8, 4) is 5.75 Å². The number of carbonyl (C=O) groups excluding carboxylic acids is 1. The lowest BCUT2D eigenvalue weighted by atomic mass is 9.72. The van der Waals surface area contributed by atoms with E-state index in [1.165, 1.54) is 37.7 Å². The number of carboxylic acid groups (broad SMARTS) is 1. The molecule has 1 heterocycles. The van der Waals surface area contributed by atoms with Gasteiger partial charge in [0, 0.05) is 30.0 Å². The number of ether oxygens (including phenoxy) is 1. The highest BCUT2D eigenvalue weighted by molar-refractivity contribution is 5.87. The van der Waals surface area contributed by atoms with Gasteiger partial charge in [-0.25, -0.2) is 4.79 Å². The number of hydrogen-bond donors (Lipinski definition) is 2. The molecule has 2 N–H and O–H groups in total. The maximum atomic E-state index is 14.3. The predicted octanol–water partition coefficient (Wildman–Crippen LogP) is 7.48. The lowest BCUT2D eigenvalue weighted by Crippen LogP contribution is -2.49. The van der Waals surface area contributed by atoms with E-state index in [1.54, 1.807) is 12.0 Å². The number of carboxylic acids is 1. The maximum absolute atomic E-state index is 14.3.